The first kappa shape index (κ1) is 21.2. The molecule has 0 spiro atoms. The molecule has 174 valence electrons. The predicted octanol–water partition coefficient (Wildman–Crippen LogP) is 3.30. The molecule has 2 amide bonds. The molecule has 8 nitrogen and oxygen atoms in total. The van der Waals surface area contributed by atoms with Gasteiger partial charge in [-0.3, -0.25) is 19.4 Å². The zero-order chi connectivity index (χ0) is 23.9. The number of benzene rings is 2. The first-order valence-electron chi connectivity index (χ1n) is 11.7. The molecule has 1 N–H and O–H groups in total. The second kappa shape index (κ2) is 8.47. The van der Waals surface area contributed by atoms with Crippen molar-refractivity contribution < 1.29 is 9.59 Å². The van der Waals surface area contributed by atoms with Gasteiger partial charge in [0.25, 0.3) is 17.4 Å². The van der Waals surface area contributed by atoms with Crippen LogP contribution < -0.4 is 10.9 Å². The SMILES string of the molecule is O=C(Nc1ccc2n(c1=O)CC1CC2CN(C(=O)c2ccc3ccccc3c2)C1)c1cnccn1. The number of piperidine rings is 1. The summed E-state index contributed by atoms with van der Waals surface area (Å²) in [6, 6.07) is 17.4. The number of anilines is 1. The normalized spacial score (nSPS) is 18.7. The van der Waals surface area contributed by atoms with Gasteiger partial charge >= 0.3 is 0 Å². The summed E-state index contributed by atoms with van der Waals surface area (Å²) >= 11 is 0. The Kier molecular flexibility index (Phi) is 5.13. The van der Waals surface area contributed by atoms with Crippen molar-refractivity contribution in [1.29, 1.82) is 0 Å². The van der Waals surface area contributed by atoms with Crippen molar-refractivity contribution in [2.24, 2.45) is 5.92 Å². The highest BCUT2D eigenvalue weighted by Gasteiger charge is 2.37. The van der Waals surface area contributed by atoms with Gasteiger partial charge in [-0.25, -0.2) is 4.98 Å². The lowest BCUT2D eigenvalue weighted by Gasteiger charge is -2.43. The molecule has 8 heteroatoms. The zero-order valence-corrected chi connectivity index (χ0v) is 18.9. The third kappa shape index (κ3) is 3.86. The van der Waals surface area contributed by atoms with Gasteiger partial charge in [0.15, 0.2) is 0 Å². The third-order valence-corrected chi connectivity index (χ3v) is 6.93. The van der Waals surface area contributed by atoms with Crippen molar-refractivity contribution in [3.8, 4) is 0 Å². The van der Waals surface area contributed by atoms with E-state index in [0.717, 1.165) is 22.9 Å². The number of amides is 2. The van der Waals surface area contributed by atoms with Crippen LogP contribution in [-0.4, -0.2) is 44.3 Å². The lowest BCUT2D eigenvalue weighted by molar-refractivity contribution is 0.0594. The maximum Gasteiger partial charge on any atom is 0.276 e. The summed E-state index contributed by atoms with van der Waals surface area (Å²) in [5, 5.41) is 4.82. The molecule has 2 atom stereocenters. The van der Waals surface area contributed by atoms with Crippen LogP contribution in [0.4, 0.5) is 5.69 Å². The van der Waals surface area contributed by atoms with Crippen molar-refractivity contribution in [2.45, 2.75) is 18.9 Å². The van der Waals surface area contributed by atoms with E-state index < -0.39 is 5.91 Å². The number of rotatable bonds is 3. The van der Waals surface area contributed by atoms with Gasteiger partial charge in [-0.1, -0.05) is 30.3 Å². The summed E-state index contributed by atoms with van der Waals surface area (Å²) in [5.74, 6) is -0.202. The second-order valence-electron chi connectivity index (χ2n) is 9.20. The lowest BCUT2D eigenvalue weighted by Crippen LogP contribution is -2.49. The summed E-state index contributed by atoms with van der Waals surface area (Å²) in [4.78, 5) is 48.8. The highest BCUT2D eigenvalue weighted by molar-refractivity contribution is 6.02. The van der Waals surface area contributed by atoms with E-state index in [0.29, 0.717) is 25.2 Å². The molecule has 2 aliphatic rings. The number of nitrogens with one attached hydrogen (secondary N) is 1. The van der Waals surface area contributed by atoms with Crippen LogP contribution in [0.2, 0.25) is 0 Å². The van der Waals surface area contributed by atoms with Gasteiger partial charge < -0.3 is 14.8 Å². The van der Waals surface area contributed by atoms with Gasteiger partial charge in [-0.15, -0.1) is 0 Å². The number of carbonyl (C=O) groups is 2. The van der Waals surface area contributed by atoms with Crippen molar-refractivity contribution in [1.82, 2.24) is 19.4 Å². The number of carbonyl (C=O) groups excluding carboxylic acids is 2. The maximum atomic E-state index is 13.4. The van der Waals surface area contributed by atoms with Crippen LogP contribution in [0.1, 0.15) is 38.9 Å². The van der Waals surface area contributed by atoms with Gasteiger partial charge in [0, 0.05) is 49.2 Å². The average Bonchev–Trinajstić information content (AvgIpc) is 2.90. The molecule has 2 aromatic heterocycles. The van der Waals surface area contributed by atoms with Crippen LogP contribution in [0.3, 0.4) is 0 Å². The molecule has 4 aromatic rings. The van der Waals surface area contributed by atoms with Crippen LogP contribution in [-0.2, 0) is 6.54 Å². The van der Waals surface area contributed by atoms with Crippen LogP contribution >= 0.6 is 0 Å². The monoisotopic (exact) mass is 465 g/mol. The minimum absolute atomic E-state index is 0.0223. The number of likely N-dealkylation sites (tertiary alicyclic amines) is 1. The molecule has 2 bridgehead atoms. The fraction of sp³-hybridized carbons (Fsp3) is 0.222. The molecule has 4 heterocycles. The minimum Gasteiger partial charge on any atom is -0.338 e. The van der Waals surface area contributed by atoms with E-state index in [1.54, 1.807) is 10.6 Å². The number of aromatic nitrogens is 3. The zero-order valence-electron chi connectivity index (χ0n) is 18.9. The molecule has 2 aromatic carbocycles. The largest absolute Gasteiger partial charge is 0.338 e. The molecule has 1 fully saturated rings. The van der Waals surface area contributed by atoms with E-state index in [4.69, 9.17) is 0 Å². The first-order valence-corrected chi connectivity index (χ1v) is 11.7. The summed E-state index contributed by atoms with van der Waals surface area (Å²) in [7, 11) is 0. The average molecular weight is 466 g/mol. The van der Waals surface area contributed by atoms with E-state index in [1.807, 2.05) is 53.4 Å². The Morgan fingerprint density at radius 3 is 2.63 bits per heavy atom. The molecular formula is C27H23N5O3. The van der Waals surface area contributed by atoms with E-state index in [2.05, 4.69) is 15.3 Å². The highest BCUT2D eigenvalue weighted by Crippen LogP contribution is 2.36. The quantitative estimate of drug-likeness (QED) is 0.501. The van der Waals surface area contributed by atoms with Crippen LogP contribution in [0.15, 0.2) is 78.0 Å². The number of fused-ring (bicyclic) bond motifs is 5. The molecule has 2 unspecified atom stereocenters. The topological polar surface area (TPSA) is 97.2 Å². The van der Waals surface area contributed by atoms with Crippen molar-refractivity contribution in [3.63, 3.8) is 0 Å². The minimum atomic E-state index is -0.473. The highest BCUT2D eigenvalue weighted by atomic mass is 16.2. The first-order chi connectivity index (χ1) is 17.1. The van der Waals surface area contributed by atoms with E-state index in [-0.39, 0.29) is 34.7 Å². The van der Waals surface area contributed by atoms with Crippen LogP contribution in [0.25, 0.3) is 10.8 Å². The third-order valence-electron chi connectivity index (χ3n) is 6.93. The molecule has 0 radical (unpaired) electrons. The van der Waals surface area contributed by atoms with Gasteiger partial charge in [0.2, 0.25) is 0 Å². The fourth-order valence-electron chi connectivity index (χ4n) is 5.31. The lowest BCUT2D eigenvalue weighted by atomic mass is 9.83. The van der Waals surface area contributed by atoms with Crippen molar-refractivity contribution >= 4 is 28.3 Å². The summed E-state index contributed by atoms with van der Waals surface area (Å²) in [6.45, 7) is 1.68. The second-order valence-corrected chi connectivity index (χ2v) is 9.20. The summed E-state index contributed by atoms with van der Waals surface area (Å²) < 4.78 is 1.75. The maximum absolute atomic E-state index is 13.4. The molecule has 2 aliphatic heterocycles. The Bertz CT molecular complexity index is 1510. The van der Waals surface area contributed by atoms with E-state index in [9.17, 15) is 14.4 Å². The van der Waals surface area contributed by atoms with Crippen molar-refractivity contribution in [2.75, 3.05) is 18.4 Å². The molecule has 6 rings (SSSR count). The predicted molar refractivity (Wildman–Crippen MR) is 131 cm³/mol. The van der Waals surface area contributed by atoms with Gasteiger partial charge in [0.05, 0.1) is 6.20 Å². The Balaban J connectivity index is 1.24. The molecular weight excluding hydrogens is 442 g/mol. The van der Waals surface area contributed by atoms with Crippen LogP contribution in [0.5, 0.6) is 0 Å². The molecule has 0 saturated carbocycles. The smallest absolute Gasteiger partial charge is 0.276 e. The number of hydrogen-bond acceptors (Lipinski definition) is 5. The van der Waals surface area contributed by atoms with Gasteiger partial charge in [0.1, 0.15) is 11.4 Å². The van der Waals surface area contributed by atoms with E-state index >= 15 is 0 Å². The van der Waals surface area contributed by atoms with Crippen LogP contribution in [0, 0.1) is 5.92 Å². The van der Waals surface area contributed by atoms with Gasteiger partial charge in [-0.2, -0.15) is 0 Å². The molecule has 35 heavy (non-hydrogen) atoms. The molecule has 1 saturated heterocycles. The summed E-state index contributed by atoms with van der Waals surface area (Å²) in [5.41, 5.74) is 1.72. The van der Waals surface area contributed by atoms with Crippen molar-refractivity contribution in [3.05, 3.63) is 100 Å². The molecule has 0 aliphatic carbocycles. The Morgan fingerprint density at radius 1 is 0.943 bits per heavy atom. The van der Waals surface area contributed by atoms with Gasteiger partial charge in [-0.05, 0) is 47.4 Å². The Morgan fingerprint density at radius 2 is 1.80 bits per heavy atom. The van der Waals surface area contributed by atoms with E-state index in [1.165, 1.54) is 18.6 Å². The fourth-order valence-corrected chi connectivity index (χ4v) is 5.31. The number of pyridine rings is 1. The Hall–Kier alpha value is -4.33. The summed E-state index contributed by atoms with van der Waals surface area (Å²) in [6.07, 6.45) is 5.21. The number of nitrogens with zero attached hydrogens (tertiary/aromatic N) is 4. The number of hydrogen-bond donors (Lipinski definition) is 1. The Labute approximate surface area is 201 Å². The standard InChI is InChI=1S/C27H23N5O3/c33-25(23-13-28-9-10-29-23)30-22-7-8-24-21-11-17(15-32(24)27(22)35)14-31(16-21)26(34)20-6-5-18-3-1-2-4-19(18)12-20/h1-10,12-13,17,21H,11,14-16H2,(H,30,33).